The fraction of sp³-hybridized carbons (Fsp3) is 0.357. The van der Waals surface area contributed by atoms with Crippen molar-refractivity contribution in [2.45, 2.75) is 20.1 Å². The Labute approximate surface area is 122 Å². The molecular formula is C14H18N4O3. The van der Waals surface area contributed by atoms with Crippen LogP contribution in [0, 0.1) is 10.1 Å². The molecule has 1 aromatic carbocycles. The molecule has 0 unspecified atom stereocenters. The van der Waals surface area contributed by atoms with Crippen LogP contribution in [0.5, 0.6) is 5.75 Å². The molecule has 0 aliphatic rings. The summed E-state index contributed by atoms with van der Waals surface area (Å²) >= 11 is 0. The van der Waals surface area contributed by atoms with Crippen molar-refractivity contribution in [1.82, 2.24) is 15.1 Å². The van der Waals surface area contributed by atoms with Gasteiger partial charge in [-0.15, -0.1) is 0 Å². The Morgan fingerprint density at radius 3 is 2.90 bits per heavy atom. The lowest BCUT2D eigenvalue weighted by molar-refractivity contribution is -0.384. The highest BCUT2D eigenvalue weighted by Gasteiger charge is 2.12. The van der Waals surface area contributed by atoms with Crippen LogP contribution in [0.2, 0.25) is 0 Å². The van der Waals surface area contributed by atoms with Gasteiger partial charge in [-0.1, -0.05) is 6.92 Å². The highest BCUT2D eigenvalue weighted by atomic mass is 16.6. The van der Waals surface area contributed by atoms with Crippen molar-refractivity contribution in [3.8, 4) is 5.75 Å². The van der Waals surface area contributed by atoms with Crippen LogP contribution in [-0.2, 0) is 20.2 Å². The van der Waals surface area contributed by atoms with Gasteiger partial charge in [0.1, 0.15) is 12.4 Å². The van der Waals surface area contributed by atoms with Crippen LogP contribution in [-0.4, -0.2) is 21.2 Å². The molecule has 0 aliphatic heterocycles. The second kappa shape index (κ2) is 6.85. The third-order valence-electron chi connectivity index (χ3n) is 2.97. The molecule has 2 aromatic rings. The molecule has 0 atom stereocenters. The van der Waals surface area contributed by atoms with E-state index in [1.165, 1.54) is 6.07 Å². The number of hydrogen-bond acceptors (Lipinski definition) is 5. The molecule has 0 bridgehead atoms. The van der Waals surface area contributed by atoms with Gasteiger partial charge in [-0.05, 0) is 12.6 Å². The molecule has 112 valence electrons. The summed E-state index contributed by atoms with van der Waals surface area (Å²) < 4.78 is 7.45. The summed E-state index contributed by atoms with van der Waals surface area (Å²) in [6.07, 6.45) is 3.60. The predicted molar refractivity (Wildman–Crippen MR) is 78.0 cm³/mol. The molecular weight excluding hydrogens is 272 g/mol. The van der Waals surface area contributed by atoms with Crippen molar-refractivity contribution in [1.29, 1.82) is 0 Å². The molecule has 0 radical (unpaired) electrons. The Kier molecular flexibility index (Phi) is 4.89. The molecule has 1 heterocycles. The number of benzene rings is 1. The summed E-state index contributed by atoms with van der Waals surface area (Å²) in [5, 5.41) is 18.1. The molecule has 0 spiro atoms. The highest BCUT2D eigenvalue weighted by molar-refractivity contribution is 5.43. The van der Waals surface area contributed by atoms with E-state index < -0.39 is 4.92 Å². The summed E-state index contributed by atoms with van der Waals surface area (Å²) in [5.74, 6) is 0.644. The van der Waals surface area contributed by atoms with Crippen molar-refractivity contribution in [2.24, 2.45) is 7.05 Å². The first-order valence-electron chi connectivity index (χ1n) is 6.68. The number of aromatic nitrogens is 2. The van der Waals surface area contributed by atoms with E-state index in [-0.39, 0.29) is 5.69 Å². The maximum Gasteiger partial charge on any atom is 0.270 e. The van der Waals surface area contributed by atoms with Crippen molar-refractivity contribution in [2.75, 3.05) is 6.54 Å². The number of nitrogens with zero attached hydrogens (tertiary/aromatic N) is 3. The van der Waals surface area contributed by atoms with Gasteiger partial charge in [-0.25, -0.2) is 0 Å². The molecule has 2 rings (SSSR count). The van der Waals surface area contributed by atoms with E-state index in [0.717, 1.165) is 17.7 Å². The van der Waals surface area contributed by atoms with Gasteiger partial charge in [0.25, 0.3) is 5.69 Å². The highest BCUT2D eigenvalue weighted by Crippen LogP contribution is 2.25. The molecule has 7 nitrogen and oxygen atoms in total. The second-order valence-electron chi connectivity index (χ2n) is 4.64. The van der Waals surface area contributed by atoms with Crippen LogP contribution in [0.25, 0.3) is 0 Å². The zero-order chi connectivity index (χ0) is 15.2. The first kappa shape index (κ1) is 15.0. The number of nitrogens with one attached hydrogen (secondary N) is 1. The van der Waals surface area contributed by atoms with Crippen LogP contribution in [0.1, 0.15) is 18.1 Å². The van der Waals surface area contributed by atoms with E-state index >= 15 is 0 Å². The molecule has 0 amide bonds. The molecule has 0 fully saturated rings. The normalized spacial score (nSPS) is 10.6. The Bertz CT molecular complexity index is 624. The van der Waals surface area contributed by atoms with Gasteiger partial charge >= 0.3 is 0 Å². The van der Waals surface area contributed by atoms with Crippen molar-refractivity contribution >= 4 is 5.69 Å². The first-order valence-corrected chi connectivity index (χ1v) is 6.68. The van der Waals surface area contributed by atoms with Gasteiger partial charge in [-0.2, -0.15) is 5.10 Å². The van der Waals surface area contributed by atoms with E-state index in [4.69, 9.17) is 4.74 Å². The van der Waals surface area contributed by atoms with Gasteiger partial charge in [0, 0.05) is 43.0 Å². The zero-order valence-electron chi connectivity index (χ0n) is 12.1. The fourth-order valence-electron chi connectivity index (χ4n) is 1.93. The average molecular weight is 290 g/mol. The van der Waals surface area contributed by atoms with Gasteiger partial charge in [0.05, 0.1) is 11.1 Å². The topological polar surface area (TPSA) is 82.2 Å². The standard InChI is InChI=1S/C14H18N4O3/c1-3-15-8-12-6-13(18(19)20)4-5-14(12)21-10-11-7-16-17(2)9-11/h4-7,9,15H,3,8,10H2,1-2H3. The van der Waals surface area contributed by atoms with E-state index in [9.17, 15) is 10.1 Å². The van der Waals surface area contributed by atoms with Gasteiger partial charge in [0.2, 0.25) is 0 Å². The second-order valence-corrected chi connectivity index (χ2v) is 4.64. The molecule has 0 aliphatic carbocycles. The van der Waals surface area contributed by atoms with Crippen LogP contribution >= 0.6 is 0 Å². The smallest absolute Gasteiger partial charge is 0.270 e. The van der Waals surface area contributed by atoms with Gasteiger partial charge < -0.3 is 10.1 Å². The summed E-state index contributed by atoms with van der Waals surface area (Å²) in [6, 6.07) is 4.64. The number of hydrogen-bond donors (Lipinski definition) is 1. The van der Waals surface area contributed by atoms with Crippen molar-refractivity contribution in [3.05, 3.63) is 51.8 Å². The lowest BCUT2D eigenvalue weighted by atomic mass is 10.1. The third kappa shape index (κ3) is 4.03. The lowest BCUT2D eigenvalue weighted by Gasteiger charge is -2.11. The number of aryl methyl sites for hydroxylation is 1. The molecule has 0 saturated heterocycles. The minimum Gasteiger partial charge on any atom is -0.488 e. The fourth-order valence-corrected chi connectivity index (χ4v) is 1.93. The Morgan fingerprint density at radius 1 is 1.48 bits per heavy atom. The van der Waals surface area contributed by atoms with Crippen molar-refractivity contribution < 1.29 is 9.66 Å². The Balaban J connectivity index is 2.14. The van der Waals surface area contributed by atoms with E-state index in [1.54, 1.807) is 23.0 Å². The first-order chi connectivity index (χ1) is 10.1. The number of nitro benzene ring substituents is 1. The van der Waals surface area contributed by atoms with E-state index in [0.29, 0.717) is 18.9 Å². The van der Waals surface area contributed by atoms with Crippen molar-refractivity contribution in [3.63, 3.8) is 0 Å². The average Bonchev–Trinajstić information content (AvgIpc) is 2.88. The van der Waals surface area contributed by atoms with Crippen LogP contribution < -0.4 is 10.1 Å². The molecule has 21 heavy (non-hydrogen) atoms. The molecule has 1 aromatic heterocycles. The maximum atomic E-state index is 10.9. The molecule has 1 N–H and O–H groups in total. The zero-order valence-corrected chi connectivity index (χ0v) is 12.1. The quantitative estimate of drug-likeness (QED) is 0.623. The third-order valence-corrected chi connectivity index (χ3v) is 2.97. The monoisotopic (exact) mass is 290 g/mol. The predicted octanol–water partition coefficient (Wildman–Crippen LogP) is 2.02. The molecule has 0 saturated carbocycles. The largest absolute Gasteiger partial charge is 0.488 e. The van der Waals surface area contributed by atoms with E-state index in [2.05, 4.69) is 10.4 Å². The molecule has 7 heteroatoms. The summed E-state index contributed by atoms with van der Waals surface area (Å²) in [4.78, 5) is 10.5. The van der Waals surface area contributed by atoms with Crippen LogP contribution in [0.3, 0.4) is 0 Å². The maximum absolute atomic E-state index is 10.9. The lowest BCUT2D eigenvalue weighted by Crippen LogP contribution is -2.13. The number of ether oxygens (including phenoxy) is 1. The number of nitro groups is 1. The van der Waals surface area contributed by atoms with Crippen LogP contribution in [0.15, 0.2) is 30.6 Å². The minimum absolute atomic E-state index is 0.0663. The van der Waals surface area contributed by atoms with Crippen LogP contribution in [0.4, 0.5) is 5.69 Å². The summed E-state index contributed by atoms with van der Waals surface area (Å²) in [5.41, 5.74) is 1.79. The summed E-state index contributed by atoms with van der Waals surface area (Å²) in [6.45, 7) is 3.67. The number of rotatable bonds is 7. The summed E-state index contributed by atoms with van der Waals surface area (Å²) in [7, 11) is 1.84. The Hall–Kier alpha value is -2.41. The SMILES string of the molecule is CCNCc1cc([N+](=O)[O-])ccc1OCc1cnn(C)c1. The van der Waals surface area contributed by atoms with Gasteiger partial charge in [-0.3, -0.25) is 14.8 Å². The van der Waals surface area contributed by atoms with E-state index in [1.807, 2.05) is 20.2 Å². The van der Waals surface area contributed by atoms with Gasteiger partial charge in [0.15, 0.2) is 0 Å². The number of non-ortho nitro benzene ring substituents is 1. The minimum atomic E-state index is -0.402. The Morgan fingerprint density at radius 2 is 2.29 bits per heavy atom.